The Labute approximate surface area is 128 Å². The minimum absolute atomic E-state index is 0.125. The molecule has 0 radical (unpaired) electrons. The number of nitrogens with zero attached hydrogens (tertiary/aromatic N) is 1. The number of hydrogen-bond donors (Lipinski definition) is 0. The van der Waals surface area contributed by atoms with Gasteiger partial charge in [0.05, 0.1) is 18.9 Å². The van der Waals surface area contributed by atoms with Crippen molar-refractivity contribution in [3.05, 3.63) is 28.2 Å². The first-order valence-corrected chi connectivity index (χ1v) is 8.06. The van der Waals surface area contributed by atoms with Crippen LogP contribution in [0.2, 0.25) is 0 Å². The van der Waals surface area contributed by atoms with Crippen molar-refractivity contribution in [2.24, 2.45) is 0 Å². The predicted octanol–water partition coefficient (Wildman–Crippen LogP) is 2.78. The fraction of sp³-hybridized carbons (Fsp3) is 0.462. The van der Waals surface area contributed by atoms with Gasteiger partial charge in [0.25, 0.3) is 11.7 Å². The van der Waals surface area contributed by atoms with E-state index in [2.05, 4.69) is 31.9 Å². The van der Waals surface area contributed by atoms with Gasteiger partial charge >= 0.3 is 0 Å². The van der Waals surface area contributed by atoms with Gasteiger partial charge in [-0.1, -0.05) is 31.9 Å². The summed E-state index contributed by atoms with van der Waals surface area (Å²) >= 11 is 6.82. The van der Waals surface area contributed by atoms with E-state index in [9.17, 15) is 4.79 Å². The van der Waals surface area contributed by atoms with Crippen molar-refractivity contribution < 1.29 is 14.3 Å². The van der Waals surface area contributed by atoms with Crippen molar-refractivity contribution in [3.63, 3.8) is 0 Å². The summed E-state index contributed by atoms with van der Waals surface area (Å²) in [6, 6.07) is 5.76. The molecule has 6 heteroatoms. The number of rotatable bonds is 2. The highest BCUT2D eigenvalue weighted by molar-refractivity contribution is 9.10. The van der Waals surface area contributed by atoms with E-state index in [0.717, 1.165) is 22.1 Å². The Bertz CT molecular complexity index is 515. The van der Waals surface area contributed by atoms with Crippen LogP contribution in [0.3, 0.4) is 0 Å². The standard InChI is InChI=1S/C13H13Br2NO3/c14-4-5-16-11-3-2-9(15)8-10(11)13(12(16)17)18-6-1-7-19-13/h2-3,8H,1,4-7H2. The van der Waals surface area contributed by atoms with Gasteiger partial charge in [0.2, 0.25) is 0 Å². The van der Waals surface area contributed by atoms with E-state index < -0.39 is 5.79 Å². The van der Waals surface area contributed by atoms with Gasteiger partial charge in [0.15, 0.2) is 0 Å². The average molecular weight is 391 g/mol. The van der Waals surface area contributed by atoms with Crippen LogP contribution in [-0.2, 0) is 20.1 Å². The number of hydrogen-bond acceptors (Lipinski definition) is 3. The number of anilines is 1. The molecule has 2 heterocycles. The number of carbonyl (C=O) groups is 1. The van der Waals surface area contributed by atoms with E-state index in [0.29, 0.717) is 25.1 Å². The van der Waals surface area contributed by atoms with Gasteiger partial charge in [-0.05, 0) is 24.6 Å². The smallest absolute Gasteiger partial charge is 0.292 e. The normalized spacial score (nSPS) is 20.9. The van der Waals surface area contributed by atoms with Crippen molar-refractivity contribution in [1.29, 1.82) is 0 Å². The molecule has 0 atom stereocenters. The first-order valence-electron chi connectivity index (χ1n) is 6.15. The van der Waals surface area contributed by atoms with Crippen LogP contribution in [0.15, 0.2) is 22.7 Å². The molecule has 0 saturated carbocycles. The largest absolute Gasteiger partial charge is 0.338 e. The molecule has 1 amide bonds. The van der Waals surface area contributed by atoms with Gasteiger partial charge < -0.3 is 14.4 Å². The summed E-state index contributed by atoms with van der Waals surface area (Å²) in [5.74, 6) is -1.36. The van der Waals surface area contributed by atoms with Crippen LogP contribution < -0.4 is 4.90 Å². The molecule has 1 spiro atoms. The molecule has 1 aromatic carbocycles. The lowest BCUT2D eigenvalue weighted by molar-refractivity contribution is -0.256. The highest BCUT2D eigenvalue weighted by Crippen LogP contribution is 2.46. The molecule has 1 aromatic rings. The van der Waals surface area contributed by atoms with Gasteiger partial charge in [-0.3, -0.25) is 4.79 Å². The molecule has 1 saturated heterocycles. The van der Waals surface area contributed by atoms with Crippen molar-refractivity contribution in [2.75, 3.05) is 30.0 Å². The van der Waals surface area contributed by atoms with Gasteiger partial charge in [0.1, 0.15) is 0 Å². The fourth-order valence-corrected chi connectivity index (χ4v) is 3.24. The molecule has 0 N–H and O–H groups in total. The molecule has 0 aromatic heterocycles. The number of halogens is 2. The summed E-state index contributed by atoms with van der Waals surface area (Å²) in [4.78, 5) is 14.4. The molecular weight excluding hydrogens is 378 g/mol. The molecule has 0 aliphatic carbocycles. The zero-order chi connectivity index (χ0) is 13.5. The maximum Gasteiger partial charge on any atom is 0.292 e. The minimum Gasteiger partial charge on any atom is -0.338 e. The Morgan fingerprint density at radius 1 is 1.32 bits per heavy atom. The van der Waals surface area contributed by atoms with Crippen LogP contribution >= 0.6 is 31.9 Å². The highest BCUT2D eigenvalue weighted by Gasteiger charge is 2.54. The van der Waals surface area contributed by atoms with Crippen molar-refractivity contribution in [3.8, 4) is 0 Å². The summed E-state index contributed by atoms with van der Waals surface area (Å²) in [6.45, 7) is 1.68. The summed E-state index contributed by atoms with van der Waals surface area (Å²) in [7, 11) is 0. The number of benzene rings is 1. The molecular formula is C13H13Br2NO3. The summed E-state index contributed by atoms with van der Waals surface area (Å²) in [5, 5.41) is 0.713. The maximum atomic E-state index is 12.7. The third-order valence-electron chi connectivity index (χ3n) is 3.34. The summed E-state index contributed by atoms with van der Waals surface area (Å²) < 4.78 is 12.4. The van der Waals surface area contributed by atoms with Gasteiger partial charge in [0, 0.05) is 21.9 Å². The number of alkyl halides is 1. The van der Waals surface area contributed by atoms with Crippen molar-refractivity contribution in [2.45, 2.75) is 12.2 Å². The zero-order valence-corrected chi connectivity index (χ0v) is 13.4. The Balaban J connectivity index is 2.12. The Morgan fingerprint density at radius 2 is 2.05 bits per heavy atom. The molecule has 2 aliphatic rings. The molecule has 19 heavy (non-hydrogen) atoms. The first-order chi connectivity index (χ1) is 9.19. The molecule has 0 unspecified atom stereocenters. The van der Waals surface area contributed by atoms with Crippen LogP contribution in [0.5, 0.6) is 0 Å². The second-order valence-corrected chi connectivity index (χ2v) is 6.18. The van der Waals surface area contributed by atoms with E-state index in [-0.39, 0.29) is 5.91 Å². The molecule has 1 fully saturated rings. The molecule has 102 valence electrons. The Kier molecular flexibility index (Phi) is 3.68. The second-order valence-electron chi connectivity index (χ2n) is 4.47. The predicted molar refractivity (Wildman–Crippen MR) is 78.5 cm³/mol. The summed E-state index contributed by atoms with van der Waals surface area (Å²) in [6.07, 6.45) is 0.816. The minimum atomic E-state index is -1.24. The third kappa shape index (κ3) is 2.05. The van der Waals surface area contributed by atoms with Crippen LogP contribution in [-0.4, -0.2) is 31.0 Å². The summed E-state index contributed by atoms with van der Waals surface area (Å²) in [5.41, 5.74) is 1.67. The lowest BCUT2D eigenvalue weighted by Gasteiger charge is -2.32. The molecule has 0 bridgehead atoms. The SMILES string of the molecule is O=C1N(CCBr)c2ccc(Br)cc2C12OCCCO2. The quantitative estimate of drug-likeness (QED) is 0.729. The average Bonchev–Trinajstić information content (AvgIpc) is 2.64. The van der Waals surface area contributed by atoms with Gasteiger partial charge in [-0.25, -0.2) is 0 Å². The van der Waals surface area contributed by atoms with E-state index >= 15 is 0 Å². The third-order valence-corrected chi connectivity index (χ3v) is 4.19. The van der Waals surface area contributed by atoms with Crippen molar-refractivity contribution in [1.82, 2.24) is 0 Å². The van der Waals surface area contributed by atoms with E-state index in [1.807, 2.05) is 18.2 Å². The monoisotopic (exact) mass is 389 g/mol. The number of fused-ring (bicyclic) bond motifs is 2. The van der Waals surface area contributed by atoms with E-state index in [1.54, 1.807) is 4.90 Å². The van der Waals surface area contributed by atoms with Gasteiger partial charge in [-0.15, -0.1) is 0 Å². The highest BCUT2D eigenvalue weighted by atomic mass is 79.9. The Hall–Kier alpha value is -0.430. The Morgan fingerprint density at radius 3 is 2.74 bits per heavy atom. The van der Waals surface area contributed by atoms with Crippen LogP contribution in [0.1, 0.15) is 12.0 Å². The lowest BCUT2D eigenvalue weighted by Crippen LogP contribution is -2.47. The zero-order valence-electron chi connectivity index (χ0n) is 10.2. The number of carbonyl (C=O) groups excluding carboxylic acids is 1. The number of ether oxygens (including phenoxy) is 2. The second kappa shape index (κ2) is 5.16. The topological polar surface area (TPSA) is 38.8 Å². The van der Waals surface area contributed by atoms with Crippen LogP contribution in [0.25, 0.3) is 0 Å². The van der Waals surface area contributed by atoms with E-state index in [1.165, 1.54) is 0 Å². The van der Waals surface area contributed by atoms with E-state index in [4.69, 9.17) is 9.47 Å². The van der Waals surface area contributed by atoms with Crippen LogP contribution in [0, 0.1) is 0 Å². The van der Waals surface area contributed by atoms with Gasteiger partial charge in [-0.2, -0.15) is 0 Å². The molecule has 2 aliphatic heterocycles. The maximum absolute atomic E-state index is 12.7. The molecule has 4 nitrogen and oxygen atoms in total. The number of amides is 1. The molecule has 3 rings (SSSR count). The lowest BCUT2D eigenvalue weighted by atomic mass is 10.1. The van der Waals surface area contributed by atoms with Crippen LogP contribution in [0.4, 0.5) is 5.69 Å². The fourth-order valence-electron chi connectivity index (χ4n) is 2.53. The first kappa shape index (κ1) is 13.5. The van der Waals surface area contributed by atoms with Crippen molar-refractivity contribution >= 4 is 43.5 Å².